The van der Waals surface area contributed by atoms with E-state index in [1.54, 1.807) is 6.08 Å². The minimum atomic E-state index is -0.201. The first-order valence-electron chi connectivity index (χ1n) is 6.97. The van der Waals surface area contributed by atoms with Crippen molar-refractivity contribution in [1.82, 2.24) is 5.32 Å². The predicted molar refractivity (Wildman–Crippen MR) is 81.6 cm³/mol. The molecule has 1 aromatic carbocycles. The maximum absolute atomic E-state index is 11.8. The van der Waals surface area contributed by atoms with E-state index >= 15 is 0 Å². The predicted octanol–water partition coefficient (Wildman–Crippen LogP) is 3.08. The zero-order valence-corrected chi connectivity index (χ0v) is 12.4. The molecule has 0 heterocycles. The molecule has 2 rings (SSSR count). The van der Waals surface area contributed by atoms with Gasteiger partial charge >= 0.3 is 0 Å². The number of rotatable bonds is 3. The van der Waals surface area contributed by atoms with Crippen LogP contribution in [-0.4, -0.2) is 23.2 Å². The van der Waals surface area contributed by atoms with Gasteiger partial charge in [0.15, 0.2) is 0 Å². The molecule has 1 saturated carbocycles. The third-order valence-electron chi connectivity index (χ3n) is 3.67. The highest BCUT2D eigenvalue weighted by Gasteiger charge is 2.19. The van der Waals surface area contributed by atoms with E-state index < -0.39 is 0 Å². The zero-order valence-electron chi connectivity index (χ0n) is 11.6. The van der Waals surface area contributed by atoms with Crippen LogP contribution in [-0.2, 0) is 4.79 Å². The van der Waals surface area contributed by atoms with Crippen LogP contribution in [0.1, 0.15) is 36.8 Å². The van der Waals surface area contributed by atoms with Gasteiger partial charge in [-0.2, -0.15) is 0 Å². The lowest BCUT2D eigenvalue weighted by Crippen LogP contribution is -2.37. The van der Waals surface area contributed by atoms with Crippen LogP contribution in [0.3, 0.4) is 0 Å². The van der Waals surface area contributed by atoms with Crippen molar-refractivity contribution >= 4 is 23.6 Å². The number of aliphatic hydroxyl groups is 1. The van der Waals surface area contributed by atoms with Crippen molar-refractivity contribution in [3.05, 3.63) is 40.4 Å². The van der Waals surface area contributed by atoms with Gasteiger partial charge in [-0.1, -0.05) is 23.7 Å². The highest BCUT2D eigenvalue weighted by molar-refractivity contribution is 6.31. The summed E-state index contributed by atoms with van der Waals surface area (Å²) >= 11 is 6.04. The van der Waals surface area contributed by atoms with Crippen molar-refractivity contribution in [2.75, 3.05) is 0 Å². The molecule has 0 aromatic heterocycles. The Morgan fingerprint density at radius 1 is 1.35 bits per heavy atom. The van der Waals surface area contributed by atoms with Crippen LogP contribution >= 0.6 is 11.6 Å². The maximum atomic E-state index is 11.8. The molecule has 1 amide bonds. The lowest BCUT2D eigenvalue weighted by atomic mass is 9.93. The molecule has 1 fully saturated rings. The van der Waals surface area contributed by atoms with E-state index in [9.17, 15) is 9.90 Å². The molecule has 1 aliphatic rings. The van der Waals surface area contributed by atoms with Crippen molar-refractivity contribution in [2.24, 2.45) is 0 Å². The second kappa shape index (κ2) is 6.91. The summed E-state index contributed by atoms with van der Waals surface area (Å²) in [5.41, 5.74) is 1.93. The highest BCUT2D eigenvalue weighted by atomic mass is 35.5. The first-order chi connectivity index (χ1) is 9.54. The number of halogens is 1. The van der Waals surface area contributed by atoms with Gasteiger partial charge in [0.2, 0.25) is 5.91 Å². The summed E-state index contributed by atoms with van der Waals surface area (Å²) in [4.78, 5) is 11.8. The van der Waals surface area contributed by atoms with Crippen molar-refractivity contribution < 1.29 is 9.90 Å². The van der Waals surface area contributed by atoms with E-state index in [2.05, 4.69) is 5.32 Å². The summed E-state index contributed by atoms with van der Waals surface area (Å²) in [6.45, 7) is 1.94. The smallest absolute Gasteiger partial charge is 0.244 e. The minimum absolute atomic E-state index is 0.0944. The second-order valence-electron chi connectivity index (χ2n) is 5.36. The average Bonchev–Trinajstić information content (AvgIpc) is 2.43. The number of carbonyl (C=O) groups is 1. The van der Waals surface area contributed by atoms with E-state index in [1.165, 1.54) is 6.08 Å². The molecule has 2 N–H and O–H groups in total. The number of hydrogen-bond acceptors (Lipinski definition) is 2. The average molecular weight is 294 g/mol. The zero-order chi connectivity index (χ0) is 14.5. The van der Waals surface area contributed by atoms with Gasteiger partial charge in [0.1, 0.15) is 0 Å². The topological polar surface area (TPSA) is 49.3 Å². The molecule has 0 aliphatic heterocycles. The van der Waals surface area contributed by atoms with E-state index in [0.29, 0.717) is 5.02 Å². The Morgan fingerprint density at radius 2 is 2.05 bits per heavy atom. The van der Waals surface area contributed by atoms with E-state index in [1.807, 2.05) is 25.1 Å². The summed E-state index contributed by atoms with van der Waals surface area (Å²) in [6.07, 6.45) is 6.32. The van der Waals surface area contributed by atoms with Crippen LogP contribution in [0, 0.1) is 6.92 Å². The Labute approximate surface area is 124 Å². The Hall–Kier alpha value is -1.32. The maximum Gasteiger partial charge on any atom is 0.244 e. The fourth-order valence-corrected chi connectivity index (χ4v) is 2.54. The fraction of sp³-hybridized carbons (Fsp3) is 0.438. The molecule has 0 radical (unpaired) electrons. The SMILES string of the molecule is Cc1ccc(/C=C/C(=O)NC2CCC(O)CC2)cc1Cl. The van der Waals surface area contributed by atoms with Gasteiger partial charge < -0.3 is 10.4 Å². The second-order valence-corrected chi connectivity index (χ2v) is 5.76. The molecule has 0 unspecified atom stereocenters. The fourth-order valence-electron chi connectivity index (χ4n) is 2.35. The van der Waals surface area contributed by atoms with E-state index in [-0.39, 0.29) is 18.1 Å². The Balaban J connectivity index is 1.87. The van der Waals surface area contributed by atoms with Gasteiger partial charge in [0, 0.05) is 17.1 Å². The number of aliphatic hydroxyl groups excluding tert-OH is 1. The van der Waals surface area contributed by atoms with Gasteiger partial charge in [-0.3, -0.25) is 4.79 Å². The largest absolute Gasteiger partial charge is 0.393 e. The first-order valence-corrected chi connectivity index (χ1v) is 7.35. The molecule has 108 valence electrons. The number of hydrogen-bond donors (Lipinski definition) is 2. The molecule has 3 nitrogen and oxygen atoms in total. The molecule has 1 aliphatic carbocycles. The lowest BCUT2D eigenvalue weighted by Gasteiger charge is -2.25. The van der Waals surface area contributed by atoms with Crippen LogP contribution in [0.4, 0.5) is 0 Å². The summed E-state index contributed by atoms with van der Waals surface area (Å²) in [7, 11) is 0. The summed E-state index contributed by atoms with van der Waals surface area (Å²) < 4.78 is 0. The van der Waals surface area contributed by atoms with Crippen molar-refractivity contribution in [3.63, 3.8) is 0 Å². The number of carbonyl (C=O) groups excluding carboxylic acids is 1. The summed E-state index contributed by atoms with van der Waals surface area (Å²) in [6, 6.07) is 5.89. The molecule has 20 heavy (non-hydrogen) atoms. The van der Waals surface area contributed by atoms with Crippen LogP contribution in [0.15, 0.2) is 24.3 Å². The van der Waals surface area contributed by atoms with Crippen molar-refractivity contribution in [3.8, 4) is 0 Å². The van der Waals surface area contributed by atoms with Crippen LogP contribution in [0.2, 0.25) is 5.02 Å². The monoisotopic (exact) mass is 293 g/mol. The van der Waals surface area contributed by atoms with Gasteiger partial charge in [-0.15, -0.1) is 0 Å². The summed E-state index contributed by atoms with van der Waals surface area (Å²) in [5.74, 6) is -0.0944. The number of amides is 1. The molecule has 0 bridgehead atoms. The van der Waals surface area contributed by atoms with Gasteiger partial charge in [0.05, 0.1) is 6.10 Å². The molecule has 4 heteroatoms. The van der Waals surface area contributed by atoms with Crippen LogP contribution < -0.4 is 5.32 Å². The molecule has 0 spiro atoms. The third kappa shape index (κ3) is 4.36. The number of nitrogens with one attached hydrogen (secondary N) is 1. The molecular weight excluding hydrogens is 274 g/mol. The van der Waals surface area contributed by atoms with Crippen LogP contribution in [0.25, 0.3) is 6.08 Å². The van der Waals surface area contributed by atoms with Gasteiger partial charge in [-0.05, 0) is 55.9 Å². The van der Waals surface area contributed by atoms with E-state index in [4.69, 9.17) is 11.6 Å². The Bertz CT molecular complexity index is 505. The minimum Gasteiger partial charge on any atom is -0.393 e. The highest BCUT2D eigenvalue weighted by Crippen LogP contribution is 2.19. The Kier molecular flexibility index (Phi) is 5.21. The lowest BCUT2D eigenvalue weighted by molar-refractivity contribution is -0.117. The molecule has 1 aromatic rings. The van der Waals surface area contributed by atoms with Crippen molar-refractivity contribution in [1.29, 1.82) is 0 Å². The number of benzene rings is 1. The standard InChI is InChI=1S/C16H20ClNO2/c1-11-2-3-12(10-15(11)17)4-9-16(20)18-13-5-7-14(19)8-6-13/h2-4,9-10,13-14,19H,5-8H2,1H3,(H,18,20)/b9-4+. The number of aryl methyl sites for hydroxylation is 1. The van der Waals surface area contributed by atoms with Gasteiger partial charge in [-0.25, -0.2) is 0 Å². The third-order valence-corrected chi connectivity index (χ3v) is 4.07. The van der Waals surface area contributed by atoms with Crippen LogP contribution in [0.5, 0.6) is 0 Å². The first kappa shape index (κ1) is 15.1. The van der Waals surface area contributed by atoms with Crippen molar-refractivity contribution in [2.45, 2.75) is 44.8 Å². The molecule has 0 atom stereocenters. The molecule has 0 saturated heterocycles. The Morgan fingerprint density at radius 3 is 2.70 bits per heavy atom. The van der Waals surface area contributed by atoms with E-state index in [0.717, 1.165) is 36.8 Å². The quantitative estimate of drug-likeness (QED) is 0.842. The molecular formula is C16H20ClNO2. The summed E-state index contributed by atoms with van der Waals surface area (Å²) in [5, 5.41) is 13.1. The van der Waals surface area contributed by atoms with Gasteiger partial charge in [0.25, 0.3) is 0 Å². The normalized spacial score (nSPS) is 22.9.